The maximum Gasteiger partial charge on any atom is 0.403 e. The van der Waals surface area contributed by atoms with Crippen LogP contribution >= 0.6 is 0 Å². The Labute approximate surface area is 177 Å². The van der Waals surface area contributed by atoms with Crippen molar-refractivity contribution in [3.8, 4) is 22.9 Å². The second-order valence-electron chi connectivity index (χ2n) is 6.76. The van der Waals surface area contributed by atoms with E-state index < -0.39 is 26.9 Å². The molecule has 31 heavy (non-hydrogen) atoms. The van der Waals surface area contributed by atoms with Crippen molar-refractivity contribution in [1.82, 2.24) is 14.5 Å². The molecule has 3 rings (SSSR count). The molecule has 0 aliphatic heterocycles. The molecule has 7 nitrogen and oxygen atoms in total. The first kappa shape index (κ1) is 22.6. The van der Waals surface area contributed by atoms with Crippen molar-refractivity contribution in [2.75, 3.05) is 20.0 Å². The Kier molecular flexibility index (Phi) is 6.25. The lowest BCUT2D eigenvalue weighted by Crippen LogP contribution is -2.24. The summed E-state index contributed by atoms with van der Waals surface area (Å²) in [6, 6.07) is 10.4. The monoisotopic (exact) mass is 455 g/mol. The van der Waals surface area contributed by atoms with E-state index in [0.29, 0.717) is 23.7 Å². The molecule has 0 saturated carbocycles. The fourth-order valence-electron chi connectivity index (χ4n) is 3.05. The lowest BCUT2D eigenvalue weighted by Gasteiger charge is -2.13. The van der Waals surface area contributed by atoms with Gasteiger partial charge in [-0.2, -0.15) is 13.2 Å². The fraction of sp³-hybridized carbons (Fsp3) is 0.300. The van der Waals surface area contributed by atoms with Crippen LogP contribution in [0.15, 0.2) is 47.8 Å². The van der Waals surface area contributed by atoms with Gasteiger partial charge in [-0.25, -0.2) is 18.4 Å². The molecule has 0 atom stereocenters. The van der Waals surface area contributed by atoms with Crippen molar-refractivity contribution in [1.29, 1.82) is 0 Å². The normalized spacial score (nSPS) is 12.1. The summed E-state index contributed by atoms with van der Waals surface area (Å²) in [6.45, 7) is 1.88. The van der Waals surface area contributed by atoms with Crippen LogP contribution in [0.2, 0.25) is 0 Å². The summed E-state index contributed by atoms with van der Waals surface area (Å²) in [6.07, 6.45) is -3.13. The first-order chi connectivity index (χ1) is 14.5. The summed E-state index contributed by atoms with van der Waals surface area (Å²) in [5.74, 6) is -0.896. The highest BCUT2D eigenvalue weighted by atomic mass is 32.2. The van der Waals surface area contributed by atoms with Crippen molar-refractivity contribution in [2.24, 2.45) is 0 Å². The number of benzene rings is 1. The average Bonchev–Trinajstić information content (AvgIpc) is 3.13. The van der Waals surface area contributed by atoms with Gasteiger partial charge in [0.15, 0.2) is 17.3 Å². The van der Waals surface area contributed by atoms with E-state index in [9.17, 15) is 21.6 Å². The first-order valence-corrected chi connectivity index (χ1v) is 10.7. The number of ether oxygens (including phenoxy) is 2. The van der Waals surface area contributed by atoms with Crippen molar-refractivity contribution in [2.45, 2.75) is 24.8 Å². The molecule has 0 radical (unpaired) electrons. The van der Waals surface area contributed by atoms with Crippen molar-refractivity contribution >= 4 is 9.84 Å². The highest BCUT2D eigenvalue weighted by Crippen LogP contribution is 2.29. The molecule has 3 aromatic rings. The Balaban J connectivity index is 1.98. The van der Waals surface area contributed by atoms with Crippen LogP contribution in [0.1, 0.15) is 11.3 Å². The summed E-state index contributed by atoms with van der Waals surface area (Å²) < 4.78 is 74.7. The van der Waals surface area contributed by atoms with Crippen LogP contribution in [0.5, 0.6) is 11.5 Å². The summed E-state index contributed by atoms with van der Waals surface area (Å²) in [7, 11) is -1.68. The third-order valence-electron chi connectivity index (χ3n) is 4.36. The summed E-state index contributed by atoms with van der Waals surface area (Å²) >= 11 is 0. The molecule has 0 unspecified atom stereocenters. The number of hydrogen-bond donors (Lipinski definition) is 0. The number of aromatic nitrogens is 3. The Morgan fingerprint density at radius 3 is 2.39 bits per heavy atom. The van der Waals surface area contributed by atoms with Gasteiger partial charge < -0.3 is 14.0 Å². The molecule has 1 aromatic carbocycles. The number of nitrogens with zero attached hydrogens (tertiary/aromatic N) is 3. The molecule has 11 heteroatoms. The predicted octanol–water partition coefficient (Wildman–Crippen LogP) is 3.66. The van der Waals surface area contributed by atoms with Gasteiger partial charge in [0, 0.05) is 18.4 Å². The van der Waals surface area contributed by atoms with Crippen LogP contribution in [-0.2, 0) is 16.4 Å². The first-order valence-electron chi connectivity index (χ1n) is 9.04. The zero-order valence-electron chi connectivity index (χ0n) is 17.0. The molecule has 0 N–H and O–H groups in total. The van der Waals surface area contributed by atoms with E-state index in [4.69, 9.17) is 9.47 Å². The zero-order chi connectivity index (χ0) is 22.8. The molecule has 0 aliphatic rings. The average molecular weight is 455 g/mol. The number of rotatable bonds is 7. The van der Waals surface area contributed by atoms with Crippen LogP contribution in [0.25, 0.3) is 11.4 Å². The predicted molar refractivity (Wildman–Crippen MR) is 107 cm³/mol. The number of halogens is 3. The van der Waals surface area contributed by atoms with Gasteiger partial charge in [0.1, 0.15) is 0 Å². The fourth-order valence-corrected chi connectivity index (χ4v) is 4.13. The summed E-state index contributed by atoms with van der Waals surface area (Å²) in [4.78, 5) is 7.65. The third kappa shape index (κ3) is 5.35. The third-order valence-corrected chi connectivity index (χ3v) is 5.80. The van der Waals surface area contributed by atoms with Gasteiger partial charge >= 0.3 is 6.18 Å². The maximum absolute atomic E-state index is 12.7. The Bertz CT molecular complexity index is 1190. The van der Waals surface area contributed by atoms with Gasteiger partial charge in [-0.05, 0) is 42.8 Å². The number of methoxy groups -OCH3 is 2. The van der Waals surface area contributed by atoms with Crippen molar-refractivity contribution < 1.29 is 31.1 Å². The number of hydrogen-bond acceptors (Lipinski definition) is 6. The molecule has 2 aromatic heterocycles. The molecule has 166 valence electrons. The van der Waals surface area contributed by atoms with Crippen LogP contribution in [-0.4, -0.2) is 49.1 Å². The summed E-state index contributed by atoms with van der Waals surface area (Å²) in [5, 5.41) is -0.848. The molecule has 0 fully saturated rings. The van der Waals surface area contributed by atoms with E-state index in [-0.39, 0.29) is 11.4 Å². The van der Waals surface area contributed by atoms with E-state index >= 15 is 0 Å². The van der Waals surface area contributed by atoms with Crippen LogP contribution < -0.4 is 9.47 Å². The molecular formula is C20H20F3N3O4S. The van der Waals surface area contributed by atoms with E-state index in [1.807, 2.05) is 6.07 Å². The molecule has 2 heterocycles. The minimum absolute atomic E-state index is 0.207. The molecule has 0 amide bonds. The van der Waals surface area contributed by atoms with Gasteiger partial charge in [-0.1, -0.05) is 6.07 Å². The number of sulfone groups is 1. The van der Waals surface area contributed by atoms with E-state index in [0.717, 1.165) is 5.56 Å². The minimum atomic E-state index is -4.89. The maximum atomic E-state index is 12.7. The van der Waals surface area contributed by atoms with Crippen molar-refractivity contribution in [3.63, 3.8) is 0 Å². The van der Waals surface area contributed by atoms with Crippen LogP contribution in [0, 0.1) is 6.92 Å². The standard InChI is InChI=1S/C20H20F3N3O4S/c1-13-9-15(25-19(24-13)31(27,28)12-20(21,22)23)16-5-4-8-26(16)11-14-6-7-17(29-2)18(10-14)30-3/h4-10H,11-12H2,1-3H3. The highest BCUT2D eigenvalue weighted by molar-refractivity contribution is 7.91. The molecule has 0 aliphatic carbocycles. The van der Waals surface area contributed by atoms with Crippen molar-refractivity contribution in [3.05, 3.63) is 53.9 Å². The Morgan fingerprint density at radius 2 is 1.74 bits per heavy atom. The lowest BCUT2D eigenvalue weighted by molar-refractivity contribution is -0.106. The molecule has 0 saturated heterocycles. The van der Waals surface area contributed by atoms with Gasteiger partial charge in [-0.15, -0.1) is 0 Å². The molecular weight excluding hydrogens is 435 g/mol. The molecule has 0 spiro atoms. The van der Waals surface area contributed by atoms with Crippen LogP contribution in [0.3, 0.4) is 0 Å². The van der Waals surface area contributed by atoms with Gasteiger partial charge in [-0.3, -0.25) is 0 Å². The van der Waals surface area contributed by atoms with E-state index in [1.54, 1.807) is 35.0 Å². The van der Waals surface area contributed by atoms with Gasteiger partial charge in [0.25, 0.3) is 0 Å². The smallest absolute Gasteiger partial charge is 0.403 e. The second-order valence-corrected chi connectivity index (χ2v) is 8.65. The van der Waals surface area contributed by atoms with E-state index in [1.165, 1.54) is 27.2 Å². The SMILES string of the molecule is COc1ccc(Cn2cccc2-c2cc(C)nc(S(=O)(=O)CC(F)(F)F)n2)cc1OC. The lowest BCUT2D eigenvalue weighted by atomic mass is 10.2. The van der Waals surface area contributed by atoms with Gasteiger partial charge in [0.05, 0.1) is 25.6 Å². The topological polar surface area (TPSA) is 83.3 Å². The minimum Gasteiger partial charge on any atom is -0.493 e. The largest absolute Gasteiger partial charge is 0.493 e. The summed E-state index contributed by atoms with van der Waals surface area (Å²) in [5.41, 5.74) is 1.85. The molecule has 0 bridgehead atoms. The quantitative estimate of drug-likeness (QED) is 0.506. The van der Waals surface area contributed by atoms with Crippen LogP contribution in [0.4, 0.5) is 13.2 Å². The van der Waals surface area contributed by atoms with E-state index in [2.05, 4.69) is 9.97 Å². The number of alkyl halides is 3. The highest BCUT2D eigenvalue weighted by Gasteiger charge is 2.37. The Hall–Kier alpha value is -3.08. The van der Waals surface area contributed by atoms with Gasteiger partial charge in [0.2, 0.25) is 15.0 Å². The second kappa shape index (κ2) is 8.58. The number of aryl methyl sites for hydroxylation is 1. The zero-order valence-corrected chi connectivity index (χ0v) is 17.8. The Morgan fingerprint density at radius 1 is 1.03 bits per heavy atom.